The molecular weight excluding hydrogens is 234 g/mol. The third-order valence-corrected chi connectivity index (χ3v) is 3.18. The standard InChI is InChI=1S/C14H22F2N2/c1-13(2,9-18-14(3,4)8-17)11-7-10(15)5-6-12(11)16/h5-7,18H,8-9,17H2,1-4H3. The molecule has 0 atom stereocenters. The Hall–Kier alpha value is -1.00. The molecule has 0 aromatic heterocycles. The van der Waals surface area contributed by atoms with Gasteiger partial charge in [0.25, 0.3) is 0 Å². The van der Waals surface area contributed by atoms with Gasteiger partial charge in [-0.25, -0.2) is 8.78 Å². The van der Waals surface area contributed by atoms with Crippen molar-refractivity contribution in [3.8, 4) is 0 Å². The molecule has 0 amide bonds. The Labute approximate surface area is 108 Å². The minimum Gasteiger partial charge on any atom is -0.329 e. The van der Waals surface area contributed by atoms with Crippen LogP contribution < -0.4 is 11.1 Å². The Morgan fingerprint density at radius 1 is 1.17 bits per heavy atom. The molecule has 1 rings (SSSR count). The highest BCUT2D eigenvalue weighted by Crippen LogP contribution is 2.26. The number of nitrogens with two attached hydrogens (primary N) is 1. The molecule has 0 aliphatic heterocycles. The lowest BCUT2D eigenvalue weighted by Crippen LogP contribution is -2.50. The second-order valence-electron chi connectivity index (χ2n) is 5.95. The van der Waals surface area contributed by atoms with Crippen molar-refractivity contribution in [1.29, 1.82) is 0 Å². The zero-order valence-electron chi connectivity index (χ0n) is 11.5. The number of nitrogens with one attached hydrogen (secondary N) is 1. The first-order chi connectivity index (χ1) is 8.18. The van der Waals surface area contributed by atoms with Crippen LogP contribution in [0.25, 0.3) is 0 Å². The molecule has 0 saturated heterocycles. The van der Waals surface area contributed by atoms with Crippen LogP contribution in [-0.4, -0.2) is 18.6 Å². The van der Waals surface area contributed by atoms with E-state index in [9.17, 15) is 8.78 Å². The summed E-state index contributed by atoms with van der Waals surface area (Å²) in [6.07, 6.45) is 0. The van der Waals surface area contributed by atoms with Crippen LogP contribution in [0.1, 0.15) is 33.3 Å². The Morgan fingerprint density at radius 3 is 2.33 bits per heavy atom. The summed E-state index contributed by atoms with van der Waals surface area (Å²) in [7, 11) is 0. The van der Waals surface area contributed by atoms with Crippen molar-refractivity contribution in [3.05, 3.63) is 35.4 Å². The van der Waals surface area contributed by atoms with Crippen molar-refractivity contribution >= 4 is 0 Å². The molecule has 0 aliphatic rings. The highest BCUT2D eigenvalue weighted by molar-refractivity contribution is 5.27. The summed E-state index contributed by atoms with van der Waals surface area (Å²) in [6.45, 7) is 8.72. The molecule has 0 fully saturated rings. The largest absolute Gasteiger partial charge is 0.329 e. The summed E-state index contributed by atoms with van der Waals surface area (Å²) in [5, 5.41) is 3.28. The predicted octanol–water partition coefficient (Wildman–Crippen LogP) is 2.57. The highest BCUT2D eigenvalue weighted by atomic mass is 19.1. The van der Waals surface area contributed by atoms with Crippen molar-refractivity contribution in [2.45, 2.75) is 38.6 Å². The summed E-state index contributed by atoms with van der Waals surface area (Å²) in [4.78, 5) is 0. The van der Waals surface area contributed by atoms with Gasteiger partial charge in [-0.2, -0.15) is 0 Å². The number of halogens is 2. The van der Waals surface area contributed by atoms with Crippen LogP contribution in [0.5, 0.6) is 0 Å². The van der Waals surface area contributed by atoms with E-state index in [1.54, 1.807) is 0 Å². The molecular formula is C14H22F2N2. The Balaban J connectivity index is 2.89. The van der Waals surface area contributed by atoms with Gasteiger partial charge in [0.15, 0.2) is 0 Å². The van der Waals surface area contributed by atoms with E-state index in [2.05, 4.69) is 5.32 Å². The quantitative estimate of drug-likeness (QED) is 0.849. The van der Waals surface area contributed by atoms with E-state index in [0.717, 1.165) is 6.07 Å². The second kappa shape index (κ2) is 5.33. The summed E-state index contributed by atoms with van der Waals surface area (Å²) in [5.74, 6) is -0.800. The van der Waals surface area contributed by atoms with Gasteiger partial charge in [0.2, 0.25) is 0 Å². The summed E-state index contributed by atoms with van der Waals surface area (Å²) in [5.41, 5.74) is 5.29. The van der Waals surface area contributed by atoms with E-state index >= 15 is 0 Å². The third-order valence-electron chi connectivity index (χ3n) is 3.18. The first kappa shape index (κ1) is 15.1. The van der Waals surface area contributed by atoms with E-state index in [4.69, 9.17) is 5.73 Å². The number of hydrogen-bond donors (Lipinski definition) is 2. The fourth-order valence-corrected chi connectivity index (χ4v) is 1.64. The minimum absolute atomic E-state index is 0.221. The molecule has 0 radical (unpaired) electrons. The molecule has 1 aromatic carbocycles. The fourth-order valence-electron chi connectivity index (χ4n) is 1.64. The van der Waals surface area contributed by atoms with E-state index in [1.807, 2.05) is 27.7 Å². The van der Waals surface area contributed by atoms with Crippen LogP contribution in [-0.2, 0) is 5.41 Å². The highest BCUT2D eigenvalue weighted by Gasteiger charge is 2.27. The molecule has 3 N–H and O–H groups in total. The molecule has 18 heavy (non-hydrogen) atoms. The average molecular weight is 256 g/mol. The molecule has 0 aliphatic carbocycles. The maximum Gasteiger partial charge on any atom is 0.127 e. The van der Waals surface area contributed by atoms with E-state index in [-0.39, 0.29) is 11.4 Å². The van der Waals surface area contributed by atoms with E-state index in [0.29, 0.717) is 18.7 Å². The molecule has 0 heterocycles. The first-order valence-electron chi connectivity index (χ1n) is 6.08. The number of benzene rings is 1. The van der Waals surface area contributed by atoms with Crippen molar-refractivity contribution in [2.75, 3.05) is 13.1 Å². The lowest BCUT2D eigenvalue weighted by molar-refractivity contribution is 0.340. The maximum absolute atomic E-state index is 13.7. The van der Waals surface area contributed by atoms with Crippen molar-refractivity contribution in [1.82, 2.24) is 5.32 Å². The number of hydrogen-bond acceptors (Lipinski definition) is 2. The van der Waals surface area contributed by atoms with Gasteiger partial charge in [-0.1, -0.05) is 13.8 Å². The maximum atomic E-state index is 13.7. The SMILES string of the molecule is CC(C)(CN)NCC(C)(C)c1cc(F)ccc1F. The Bertz CT molecular complexity index is 414. The molecule has 0 spiro atoms. The van der Waals surface area contributed by atoms with Crippen molar-refractivity contribution in [3.63, 3.8) is 0 Å². The molecule has 102 valence electrons. The van der Waals surface area contributed by atoms with E-state index in [1.165, 1.54) is 12.1 Å². The predicted molar refractivity (Wildman–Crippen MR) is 70.5 cm³/mol. The lowest BCUT2D eigenvalue weighted by atomic mass is 9.83. The van der Waals surface area contributed by atoms with Crippen LogP contribution in [0.4, 0.5) is 8.78 Å². The number of rotatable bonds is 5. The Kier molecular flexibility index (Phi) is 4.46. The van der Waals surface area contributed by atoms with Crippen LogP contribution in [0.3, 0.4) is 0 Å². The second-order valence-corrected chi connectivity index (χ2v) is 5.95. The van der Waals surface area contributed by atoms with Crippen LogP contribution in [0, 0.1) is 11.6 Å². The topological polar surface area (TPSA) is 38.0 Å². The molecule has 0 saturated carbocycles. The monoisotopic (exact) mass is 256 g/mol. The molecule has 2 nitrogen and oxygen atoms in total. The van der Waals surface area contributed by atoms with Gasteiger partial charge in [-0.05, 0) is 37.6 Å². The van der Waals surface area contributed by atoms with Crippen molar-refractivity contribution in [2.24, 2.45) is 5.73 Å². The van der Waals surface area contributed by atoms with Gasteiger partial charge < -0.3 is 11.1 Å². The molecule has 4 heteroatoms. The van der Waals surface area contributed by atoms with E-state index < -0.39 is 11.2 Å². The lowest BCUT2D eigenvalue weighted by Gasteiger charge is -2.32. The smallest absolute Gasteiger partial charge is 0.127 e. The molecule has 1 aromatic rings. The van der Waals surface area contributed by atoms with Gasteiger partial charge in [0, 0.05) is 24.0 Å². The summed E-state index contributed by atoms with van der Waals surface area (Å²) in [6, 6.07) is 3.55. The van der Waals surface area contributed by atoms with Gasteiger partial charge >= 0.3 is 0 Å². The molecule has 0 unspecified atom stereocenters. The van der Waals surface area contributed by atoms with Gasteiger partial charge in [0.05, 0.1) is 0 Å². The van der Waals surface area contributed by atoms with Gasteiger partial charge in [-0.15, -0.1) is 0 Å². The minimum atomic E-state index is -0.501. The van der Waals surface area contributed by atoms with Gasteiger partial charge in [-0.3, -0.25) is 0 Å². The third kappa shape index (κ3) is 3.75. The van der Waals surface area contributed by atoms with Crippen LogP contribution in [0.2, 0.25) is 0 Å². The first-order valence-corrected chi connectivity index (χ1v) is 6.08. The zero-order chi connectivity index (χ0) is 14.0. The van der Waals surface area contributed by atoms with Gasteiger partial charge in [0.1, 0.15) is 11.6 Å². The average Bonchev–Trinajstić information content (AvgIpc) is 2.30. The van der Waals surface area contributed by atoms with Crippen LogP contribution in [0.15, 0.2) is 18.2 Å². The summed E-state index contributed by atoms with van der Waals surface area (Å²) >= 11 is 0. The van der Waals surface area contributed by atoms with Crippen LogP contribution >= 0.6 is 0 Å². The summed E-state index contributed by atoms with van der Waals surface area (Å²) < 4.78 is 27.0. The zero-order valence-corrected chi connectivity index (χ0v) is 11.5. The fraction of sp³-hybridized carbons (Fsp3) is 0.571. The normalized spacial score (nSPS) is 12.8. The molecule has 0 bridgehead atoms. The Morgan fingerprint density at radius 2 is 1.78 bits per heavy atom. The van der Waals surface area contributed by atoms with Crippen molar-refractivity contribution < 1.29 is 8.78 Å².